The van der Waals surface area contributed by atoms with Gasteiger partial charge in [-0.25, -0.2) is 0 Å². The number of methoxy groups -OCH3 is 1. The van der Waals surface area contributed by atoms with E-state index < -0.39 is 0 Å². The fourth-order valence-electron chi connectivity index (χ4n) is 3.65. The van der Waals surface area contributed by atoms with Gasteiger partial charge in [0, 0.05) is 19.0 Å². The van der Waals surface area contributed by atoms with E-state index in [1.165, 1.54) is 0 Å². The molecule has 142 valence electrons. The summed E-state index contributed by atoms with van der Waals surface area (Å²) in [7, 11) is 1.68. The van der Waals surface area contributed by atoms with Gasteiger partial charge < -0.3 is 14.4 Å². The molecule has 0 aromatic heterocycles. The van der Waals surface area contributed by atoms with Gasteiger partial charge in [-0.15, -0.1) is 0 Å². The summed E-state index contributed by atoms with van der Waals surface area (Å²) >= 11 is 0. The lowest BCUT2D eigenvalue weighted by Crippen LogP contribution is -2.40. The summed E-state index contributed by atoms with van der Waals surface area (Å²) in [6.45, 7) is 2.51. The molecule has 0 atom stereocenters. The van der Waals surface area contributed by atoms with E-state index in [2.05, 4.69) is 29.2 Å². The molecule has 0 radical (unpaired) electrons. The van der Waals surface area contributed by atoms with Crippen LogP contribution in [0.3, 0.4) is 0 Å². The zero-order valence-electron chi connectivity index (χ0n) is 15.9. The number of hydrogen-bond acceptors (Lipinski definition) is 3. The van der Waals surface area contributed by atoms with Crippen molar-refractivity contribution >= 4 is 5.91 Å². The van der Waals surface area contributed by atoms with Crippen LogP contribution in [0.1, 0.15) is 25.7 Å². The van der Waals surface area contributed by atoms with Gasteiger partial charge in [-0.2, -0.15) is 0 Å². The van der Waals surface area contributed by atoms with Crippen molar-refractivity contribution in [3.63, 3.8) is 0 Å². The maximum Gasteiger partial charge on any atom is 0.225 e. The van der Waals surface area contributed by atoms with Crippen LogP contribution >= 0.6 is 0 Å². The van der Waals surface area contributed by atoms with Crippen molar-refractivity contribution < 1.29 is 14.3 Å². The van der Waals surface area contributed by atoms with Crippen molar-refractivity contribution in [1.82, 2.24) is 4.90 Å². The fraction of sp³-hybridized carbons (Fsp3) is 0.435. The van der Waals surface area contributed by atoms with E-state index >= 15 is 0 Å². The maximum absolute atomic E-state index is 12.1. The van der Waals surface area contributed by atoms with Gasteiger partial charge in [-0.3, -0.25) is 4.79 Å². The summed E-state index contributed by atoms with van der Waals surface area (Å²) in [6.07, 6.45) is 4.27. The first kappa shape index (κ1) is 17.9. The largest absolute Gasteiger partial charge is 0.497 e. The second kappa shape index (κ2) is 8.03. The summed E-state index contributed by atoms with van der Waals surface area (Å²) in [5.41, 5.74) is 2.33. The van der Waals surface area contributed by atoms with E-state index in [4.69, 9.17) is 9.47 Å². The molecule has 2 aromatic rings. The van der Waals surface area contributed by atoms with Crippen molar-refractivity contribution in [2.45, 2.75) is 25.7 Å². The average molecular weight is 365 g/mol. The molecule has 0 bridgehead atoms. The number of ether oxygens (including phenoxy) is 2. The molecule has 1 aliphatic heterocycles. The third kappa shape index (κ3) is 4.44. The zero-order chi connectivity index (χ0) is 18.6. The van der Waals surface area contributed by atoms with E-state index in [0.717, 1.165) is 68.0 Å². The normalized spacial score (nSPS) is 17.6. The second-order valence-electron chi connectivity index (χ2n) is 7.61. The van der Waals surface area contributed by atoms with Gasteiger partial charge in [-0.05, 0) is 67.0 Å². The highest BCUT2D eigenvalue weighted by molar-refractivity contribution is 5.81. The van der Waals surface area contributed by atoms with Crippen LogP contribution in [0.15, 0.2) is 48.5 Å². The highest BCUT2D eigenvalue weighted by atomic mass is 16.5. The standard InChI is InChI=1S/C23H27NO3/c1-26-21-8-4-18(5-9-21)19-6-10-22(11-7-19)27-16-17-12-14-24(15-13-17)23(25)20-2-3-20/h4-11,17,20H,2-3,12-16H2,1H3. The molecule has 1 saturated carbocycles. The molecular formula is C23H27NO3. The van der Waals surface area contributed by atoms with Crippen LogP contribution in [-0.4, -0.2) is 37.6 Å². The van der Waals surface area contributed by atoms with Gasteiger partial charge >= 0.3 is 0 Å². The molecule has 2 fully saturated rings. The minimum atomic E-state index is 0.335. The van der Waals surface area contributed by atoms with Crippen molar-refractivity contribution in [3.05, 3.63) is 48.5 Å². The van der Waals surface area contributed by atoms with Crippen molar-refractivity contribution in [2.75, 3.05) is 26.8 Å². The number of nitrogens with zero attached hydrogens (tertiary/aromatic N) is 1. The molecule has 0 N–H and O–H groups in total. The van der Waals surface area contributed by atoms with Crippen LogP contribution < -0.4 is 9.47 Å². The van der Waals surface area contributed by atoms with Crippen molar-refractivity contribution in [2.24, 2.45) is 11.8 Å². The monoisotopic (exact) mass is 365 g/mol. The number of carbonyl (C=O) groups is 1. The Labute approximate surface area is 161 Å². The summed E-state index contributed by atoms with van der Waals surface area (Å²) in [6, 6.07) is 16.3. The molecule has 4 rings (SSSR count). The van der Waals surface area contributed by atoms with Crippen LogP contribution in [0, 0.1) is 11.8 Å². The molecule has 4 nitrogen and oxygen atoms in total. The van der Waals surface area contributed by atoms with E-state index in [0.29, 0.717) is 17.7 Å². The highest BCUT2D eigenvalue weighted by Gasteiger charge is 2.34. The van der Waals surface area contributed by atoms with E-state index in [9.17, 15) is 4.79 Å². The Balaban J connectivity index is 1.26. The highest BCUT2D eigenvalue weighted by Crippen LogP contribution is 2.32. The Morgan fingerprint density at radius 2 is 1.44 bits per heavy atom. The smallest absolute Gasteiger partial charge is 0.225 e. The first-order valence-electron chi connectivity index (χ1n) is 9.89. The number of hydrogen-bond donors (Lipinski definition) is 0. The van der Waals surface area contributed by atoms with Gasteiger partial charge in [-0.1, -0.05) is 24.3 Å². The molecule has 1 aliphatic carbocycles. The number of carbonyl (C=O) groups excluding carboxylic acids is 1. The zero-order valence-corrected chi connectivity index (χ0v) is 15.9. The summed E-state index contributed by atoms with van der Waals surface area (Å²) in [4.78, 5) is 14.2. The molecular weight excluding hydrogens is 338 g/mol. The third-order valence-corrected chi connectivity index (χ3v) is 5.62. The average Bonchev–Trinajstić information content (AvgIpc) is 3.58. The molecule has 1 heterocycles. The second-order valence-corrected chi connectivity index (χ2v) is 7.61. The molecule has 2 aromatic carbocycles. The van der Waals surface area contributed by atoms with E-state index in [1.807, 2.05) is 24.3 Å². The van der Waals surface area contributed by atoms with Crippen LogP contribution in [0.5, 0.6) is 11.5 Å². The van der Waals surface area contributed by atoms with Crippen LogP contribution in [0.25, 0.3) is 11.1 Å². The van der Waals surface area contributed by atoms with Crippen molar-refractivity contribution in [1.29, 1.82) is 0 Å². The molecule has 0 spiro atoms. The lowest BCUT2D eigenvalue weighted by atomic mass is 9.97. The summed E-state index contributed by atoms with van der Waals surface area (Å²) in [5.74, 6) is 3.02. The Morgan fingerprint density at radius 1 is 0.889 bits per heavy atom. The Bertz CT molecular complexity index is 757. The minimum absolute atomic E-state index is 0.335. The SMILES string of the molecule is COc1ccc(-c2ccc(OCC3CCN(C(=O)C4CC4)CC3)cc2)cc1. The summed E-state index contributed by atoms with van der Waals surface area (Å²) < 4.78 is 11.2. The Morgan fingerprint density at radius 3 is 1.96 bits per heavy atom. The van der Waals surface area contributed by atoms with Crippen LogP contribution in [0.2, 0.25) is 0 Å². The molecule has 1 saturated heterocycles. The van der Waals surface area contributed by atoms with Gasteiger partial charge in [0.05, 0.1) is 13.7 Å². The molecule has 4 heteroatoms. The fourth-order valence-corrected chi connectivity index (χ4v) is 3.65. The molecule has 0 unspecified atom stereocenters. The predicted octanol–water partition coefficient (Wildman–Crippen LogP) is 4.39. The molecule has 27 heavy (non-hydrogen) atoms. The molecule has 1 amide bonds. The summed E-state index contributed by atoms with van der Waals surface area (Å²) in [5, 5.41) is 0. The first-order chi connectivity index (χ1) is 13.2. The number of benzene rings is 2. The Hall–Kier alpha value is -2.49. The lowest BCUT2D eigenvalue weighted by molar-refractivity contribution is -0.134. The lowest BCUT2D eigenvalue weighted by Gasteiger charge is -2.32. The quantitative estimate of drug-likeness (QED) is 0.762. The topological polar surface area (TPSA) is 38.8 Å². The minimum Gasteiger partial charge on any atom is -0.497 e. The number of likely N-dealkylation sites (tertiary alicyclic amines) is 1. The van der Waals surface area contributed by atoms with Gasteiger partial charge in [0.2, 0.25) is 5.91 Å². The van der Waals surface area contributed by atoms with E-state index in [1.54, 1.807) is 7.11 Å². The van der Waals surface area contributed by atoms with Gasteiger partial charge in [0.1, 0.15) is 11.5 Å². The van der Waals surface area contributed by atoms with E-state index in [-0.39, 0.29) is 0 Å². The molecule has 2 aliphatic rings. The third-order valence-electron chi connectivity index (χ3n) is 5.62. The van der Waals surface area contributed by atoms with Gasteiger partial charge in [0.15, 0.2) is 0 Å². The Kier molecular flexibility index (Phi) is 5.33. The van der Waals surface area contributed by atoms with Crippen LogP contribution in [0.4, 0.5) is 0 Å². The van der Waals surface area contributed by atoms with Gasteiger partial charge in [0.25, 0.3) is 0 Å². The number of piperidine rings is 1. The maximum atomic E-state index is 12.1. The first-order valence-corrected chi connectivity index (χ1v) is 9.89. The van der Waals surface area contributed by atoms with Crippen LogP contribution in [-0.2, 0) is 4.79 Å². The number of rotatable bonds is 6. The van der Waals surface area contributed by atoms with Crippen molar-refractivity contribution in [3.8, 4) is 22.6 Å². The predicted molar refractivity (Wildman–Crippen MR) is 106 cm³/mol. The number of amides is 1.